The molecule has 0 aromatic carbocycles. The molecule has 0 fully saturated rings. The van der Waals surface area contributed by atoms with Crippen molar-refractivity contribution in [3.8, 4) is 0 Å². The molecule has 0 saturated heterocycles. The molecule has 0 aromatic rings. The second kappa shape index (κ2) is 6.68. The monoisotopic (exact) mass is 223 g/mol. The predicted octanol–water partition coefficient (Wildman–Crippen LogP) is 1.42. The van der Waals surface area contributed by atoms with Crippen molar-refractivity contribution in [1.29, 1.82) is 0 Å². The molecule has 0 heterocycles. The standard InChI is InChI=1S/C8H17NOSe/c1-4-9(5-2)8(10)6-7-11-3/h4-7H2,1-3H3. The molecule has 0 aliphatic rings. The van der Waals surface area contributed by atoms with Gasteiger partial charge in [-0.25, -0.2) is 0 Å². The van der Waals surface area contributed by atoms with Crippen LogP contribution in [0.15, 0.2) is 0 Å². The fourth-order valence-electron chi connectivity index (χ4n) is 0.924. The van der Waals surface area contributed by atoms with Crippen LogP contribution >= 0.6 is 0 Å². The molecular weight excluding hydrogens is 205 g/mol. The zero-order chi connectivity index (χ0) is 8.69. The minimum atomic E-state index is 0.318. The zero-order valence-electron chi connectivity index (χ0n) is 7.59. The van der Waals surface area contributed by atoms with E-state index in [0.717, 1.165) is 24.8 Å². The van der Waals surface area contributed by atoms with Crippen LogP contribution in [0.3, 0.4) is 0 Å². The fraction of sp³-hybridized carbons (Fsp3) is 0.875. The summed E-state index contributed by atoms with van der Waals surface area (Å²) in [6, 6.07) is 0. The molecule has 0 unspecified atom stereocenters. The van der Waals surface area contributed by atoms with Crippen LogP contribution in [0.1, 0.15) is 20.3 Å². The van der Waals surface area contributed by atoms with Crippen LogP contribution < -0.4 is 0 Å². The number of nitrogens with zero attached hydrogens (tertiary/aromatic N) is 1. The Balaban J connectivity index is 3.61. The van der Waals surface area contributed by atoms with E-state index in [0.29, 0.717) is 20.9 Å². The summed E-state index contributed by atoms with van der Waals surface area (Å²) in [6.07, 6.45) is 0.748. The third-order valence-corrected chi connectivity index (χ3v) is 2.92. The number of carbonyl (C=O) groups is 1. The van der Waals surface area contributed by atoms with Crippen molar-refractivity contribution >= 4 is 20.9 Å². The van der Waals surface area contributed by atoms with E-state index in [9.17, 15) is 4.79 Å². The molecule has 66 valence electrons. The Morgan fingerprint density at radius 2 is 1.91 bits per heavy atom. The Bertz CT molecular complexity index is 113. The summed E-state index contributed by atoms with van der Waals surface area (Å²) in [7, 11) is 0. The van der Waals surface area contributed by atoms with Crippen molar-refractivity contribution in [2.75, 3.05) is 13.1 Å². The Kier molecular flexibility index (Phi) is 6.68. The average molecular weight is 222 g/mol. The van der Waals surface area contributed by atoms with E-state index in [4.69, 9.17) is 0 Å². The van der Waals surface area contributed by atoms with E-state index in [1.54, 1.807) is 0 Å². The van der Waals surface area contributed by atoms with E-state index in [1.807, 2.05) is 18.7 Å². The molecule has 0 saturated carbocycles. The summed E-state index contributed by atoms with van der Waals surface area (Å²) < 4.78 is 0. The number of hydrogen-bond donors (Lipinski definition) is 0. The molecule has 0 radical (unpaired) electrons. The normalized spacial score (nSPS) is 9.73. The van der Waals surface area contributed by atoms with Crippen molar-refractivity contribution in [1.82, 2.24) is 4.90 Å². The van der Waals surface area contributed by atoms with Crippen molar-refractivity contribution in [2.24, 2.45) is 0 Å². The van der Waals surface area contributed by atoms with E-state index in [-0.39, 0.29) is 0 Å². The zero-order valence-corrected chi connectivity index (χ0v) is 9.31. The Morgan fingerprint density at radius 3 is 2.27 bits per heavy atom. The molecule has 0 aliphatic carbocycles. The summed E-state index contributed by atoms with van der Waals surface area (Å²) >= 11 is 0.642. The molecule has 0 atom stereocenters. The summed E-state index contributed by atoms with van der Waals surface area (Å²) in [4.78, 5) is 13.2. The summed E-state index contributed by atoms with van der Waals surface area (Å²) in [5.41, 5.74) is 0. The van der Waals surface area contributed by atoms with Gasteiger partial charge in [-0.2, -0.15) is 0 Å². The van der Waals surface area contributed by atoms with Gasteiger partial charge in [-0.15, -0.1) is 0 Å². The van der Waals surface area contributed by atoms with E-state index in [1.165, 1.54) is 0 Å². The summed E-state index contributed by atoms with van der Waals surface area (Å²) in [5, 5.41) is 1.09. The van der Waals surface area contributed by atoms with Gasteiger partial charge in [-0.1, -0.05) is 0 Å². The van der Waals surface area contributed by atoms with E-state index < -0.39 is 0 Å². The Labute approximate surface area is 75.5 Å². The second-order valence-electron chi connectivity index (χ2n) is 2.31. The Hall–Kier alpha value is -0.0105. The third kappa shape index (κ3) is 4.44. The topological polar surface area (TPSA) is 20.3 Å². The van der Waals surface area contributed by atoms with Gasteiger partial charge in [0.05, 0.1) is 0 Å². The van der Waals surface area contributed by atoms with Gasteiger partial charge < -0.3 is 0 Å². The van der Waals surface area contributed by atoms with Gasteiger partial charge in [0, 0.05) is 0 Å². The minimum absolute atomic E-state index is 0.318. The van der Waals surface area contributed by atoms with Gasteiger partial charge in [0.15, 0.2) is 0 Å². The molecule has 0 N–H and O–H groups in total. The second-order valence-corrected chi connectivity index (χ2v) is 4.38. The van der Waals surface area contributed by atoms with Crippen LogP contribution in [0.5, 0.6) is 0 Å². The molecular formula is C8H17NOSe. The van der Waals surface area contributed by atoms with Gasteiger partial charge in [-0.3, -0.25) is 0 Å². The molecule has 0 spiro atoms. The van der Waals surface area contributed by atoms with Crippen LogP contribution in [0, 0.1) is 0 Å². The molecule has 3 heteroatoms. The molecule has 0 bridgehead atoms. The first-order valence-corrected chi connectivity index (χ1v) is 6.95. The van der Waals surface area contributed by atoms with Gasteiger partial charge in [0.2, 0.25) is 0 Å². The number of rotatable bonds is 5. The first kappa shape index (κ1) is 11.0. The summed E-state index contributed by atoms with van der Waals surface area (Å²) in [5.74, 6) is 2.49. The third-order valence-electron chi connectivity index (χ3n) is 1.64. The van der Waals surface area contributed by atoms with Crippen LogP contribution in [-0.4, -0.2) is 38.9 Å². The van der Waals surface area contributed by atoms with Crippen LogP contribution in [0.2, 0.25) is 11.1 Å². The van der Waals surface area contributed by atoms with Crippen molar-refractivity contribution in [2.45, 2.75) is 31.4 Å². The average Bonchev–Trinajstić information content (AvgIpc) is 2.03. The molecule has 0 rings (SSSR count). The number of amides is 1. The van der Waals surface area contributed by atoms with Crippen LogP contribution in [0.25, 0.3) is 0 Å². The van der Waals surface area contributed by atoms with E-state index >= 15 is 0 Å². The molecule has 0 aliphatic heterocycles. The fourth-order valence-corrected chi connectivity index (χ4v) is 1.72. The van der Waals surface area contributed by atoms with Gasteiger partial charge in [0.1, 0.15) is 0 Å². The first-order chi connectivity index (χ1) is 5.26. The first-order valence-electron chi connectivity index (χ1n) is 4.02. The quantitative estimate of drug-likeness (QED) is 0.644. The van der Waals surface area contributed by atoms with Crippen LogP contribution in [-0.2, 0) is 4.79 Å². The van der Waals surface area contributed by atoms with E-state index in [2.05, 4.69) is 5.82 Å². The summed E-state index contributed by atoms with van der Waals surface area (Å²) in [6.45, 7) is 5.76. The van der Waals surface area contributed by atoms with Gasteiger partial charge in [-0.05, 0) is 0 Å². The molecule has 2 nitrogen and oxygen atoms in total. The van der Waals surface area contributed by atoms with Crippen molar-refractivity contribution < 1.29 is 4.79 Å². The molecule has 1 amide bonds. The number of carbonyl (C=O) groups excluding carboxylic acids is 1. The SMILES string of the molecule is CCN(CC)C(=O)CC[Se]C. The maximum absolute atomic E-state index is 11.3. The van der Waals surface area contributed by atoms with Gasteiger partial charge >= 0.3 is 75.1 Å². The maximum atomic E-state index is 11.3. The Morgan fingerprint density at radius 1 is 1.36 bits per heavy atom. The molecule has 11 heavy (non-hydrogen) atoms. The predicted molar refractivity (Wildman–Crippen MR) is 49.0 cm³/mol. The van der Waals surface area contributed by atoms with Crippen molar-refractivity contribution in [3.63, 3.8) is 0 Å². The van der Waals surface area contributed by atoms with Crippen LogP contribution in [0.4, 0.5) is 0 Å². The van der Waals surface area contributed by atoms with Crippen molar-refractivity contribution in [3.05, 3.63) is 0 Å². The number of hydrogen-bond acceptors (Lipinski definition) is 1. The molecule has 0 aromatic heterocycles. The van der Waals surface area contributed by atoms with Gasteiger partial charge in [0.25, 0.3) is 0 Å².